The van der Waals surface area contributed by atoms with Gasteiger partial charge in [0.1, 0.15) is 28.3 Å². The lowest BCUT2D eigenvalue weighted by Crippen LogP contribution is -2.29. The maximum atomic E-state index is 13.4. The Morgan fingerprint density at radius 1 is 1.15 bits per heavy atom. The number of halogens is 1. The highest BCUT2D eigenvalue weighted by molar-refractivity contribution is 7.16. The second kappa shape index (κ2) is 9.07. The molecule has 0 atom stereocenters. The molecule has 0 aliphatic carbocycles. The number of benzene rings is 2. The number of fused-ring (bicyclic) bond motifs is 1. The number of piperidine rings is 1. The van der Waals surface area contributed by atoms with E-state index in [4.69, 9.17) is 10.1 Å². The van der Waals surface area contributed by atoms with Crippen LogP contribution in [0.5, 0.6) is 0 Å². The van der Waals surface area contributed by atoms with Gasteiger partial charge in [-0.2, -0.15) is 10.4 Å². The number of aromatic nitrogens is 3. The first-order chi connectivity index (χ1) is 16.5. The van der Waals surface area contributed by atoms with E-state index in [0.29, 0.717) is 22.2 Å². The molecule has 2 aromatic heterocycles. The molecule has 0 amide bonds. The largest absolute Gasteiger partial charge is 0.372 e. The average molecular weight is 475 g/mol. The van der Waals surface area contributed by atoms with Crippen LogP contribution in [0.1, 0.15) is 36.6 Å². The van der Waals surface area contributed by atoms with Gasteiger partial charge in [0.05, 0.1) is 5.52 Å². The molecule has 6 nitrogen and oxygen atoms in total. The van der Waals surface area contributed by atoms with Crippen molar-refractivity contribution in [1.82, 2.24) is 14.8 Å². The van der Waals surface area contributed by atoms with Gasteiger partial charge in [0.2, 0.25) is 0 Å². The van der Waals surface area contributed by atoms with E-state index in [0.717, 1.165) is 40.9 Å². The molecule has 1 saturated heterocycles. The molecule has 174 valence electrons. The van der Waals surface area contributed by atoms with Crippen molar-refractivity contribution in [3.63, 3.8) is 0 Å². The summed E-state index contributed by atoms with van der Waals surface area (Å²) in [5.74, 6) is 0.649. The van der Waals surface area contributed by atoms with Crippen molar-refractivity contribution in [3.8, 4) is 17.3 Å². The Bertz CT molecular complexity index is 1380. The SMILES string of the molecule is CCn1nc2c(C)cc(N3CCCCC3)cc2c1N(C)c1nc(-c2ccc(F)cc2)c(C#N)s1. The van der Waals surface area contributed by atoms with Crippen LogP contribution in [0, 0.1) is 24.1 Å². The zero-order valence-corrected chi connectivity index (χ0v) is 20.5. The minimum atomic E-state index is -0.312. The number of nitrogens with zero attached hydrogens (tertiary/aromatic N) is 6. The highest BCUT2D eigenvalue weighted by Crippen LogP contribution is 2.39. The molecule has 0 N–H and O–H groups in total. The van der Waals surface area contributed by atoms with E-state index in [1.54, 1.807) is 12.1 Å². The van der Waals surface area contributed by atoms with Crippen LogP contribution in [0.4, 0.5) is 21.0 Å². The van der Waals surface area contributed by atoms with Crippen molar-refractivity contribution in [3.05, 3.63) is 52.7 Å². The summed E-state index contributed by atoms with van der Waals surface area (Å²) in [4.78, 5) is 9.80. The molecule has 0 radical (unpaired) electrons. The molecular formula is C26H27FN6S. The lowest BCUT2D eigenvalue weighted by molar-refractivity contribution is 0.578. The van der Waals surface area contributed by atoms with Gasteiger partial charge in [0.15, 0.2) is 5.13 Å². The first-order valence-corrected chi connectivity index (χ1v) is 12.5. The van der Waals surface area contributed by atoms with Gasteiger partial charge in [0, 0.05) is 43.3 Å². The van der Waals surface area contributed by atoms with Crippen molar-refractivity contribution < 1.29 is 4.39 Å². The number of hydrogen-bond acceptors (Lipinski definition) is 6. The summed E-state index contributed by atoms with van der Waals surface area (Å²) in [6.45, 7) is 7.08. The molecule has 0 saturated carbocycles. The van der Waals surface area contributed by atoms with Crippen molar-refractivity contribution in [2.45, 2.75) is 39.7 Å². The summed E-state index contributed by atoms with van der Waals surface area (Å²) in [5, 5.41) is 16.4. The average Bonchev–Trinajstić information content (AvgIpc) is 3.46. The summed E-state index contributed by atoms with van der Waals surface area (Å²) in [6.07, 6.45) is 3.74. The second-order valence-corrected chi connectivity index (χ2v) is 9.68. The number of aryl methyl sites for hydroxylation is 2. The van der Waals surface area contributed by atoms with Crippen LogP contribution in [0.15, 0.2) is 36.4 Å². The van der Waals surface area contributed by atoms with E-state index in [9.17, 15) is 9.65 Å². The molecule has 1 aliphatic rings. The highest BCUT2D eigenvalue weighted by atomic mass is 32.1. The van der Waals surface area contributed by atoms with Crippen molar-refractivity contribution in [2.75, 3.05) is 29.9 Å². The molecule has 8 heteroatoms. The van der Waals surface area contributed by atoms with E-state index in [2.05, 4.69) is 36.9 Å². The van der Waals surface area contributed by atoms with Gasteiger partial charge in [-0.3, -0.25) is 0 Å². The highest BCUT2D eigenvalue weighted by Gasteiger charge is 2.23. The molecular weight excluding hydrogens is 447 g/mol. The predicted molar refractivity (Wildman–Crippen MR) is 136 cm³/mol. The Morgan fingerprint density at radius 2 is 1.88 bits per heavy atom. The molecule has 5 rings (SSSR count). The third kappa shape index (κ3) is 3.90. The Labute approximate surface area is 202 Å². The predicted octanol–water partition coefficient (Wildman–Crippen LogP) is 6.26. The number of nitriles is 1. The van der Waals surface area contributed by atoms with Crippen LogP contribution in [-0.4, -0.2) is 34.9 Å². The Kier molecular flexibility index (Phi) is 5.96. The van der Waals surface area contributed by atoms with E-state index < -0.39 is 0 Å². The van der Waals surface area contributed by atoms with Gasteiger partial charge in [-0.1, -0.05) is 11.3 Å². The fourth-order valence-electron chi connectivity index (χ4n) is 4.70. The molecule has 1 fully saturated rings. The van der Waals surface area contributed by atoms with E-state index >= 15 is 0 Å². The first-order valence-electron chi connectivity index (χ1n) is 11.7. The lowest BCUT2D eigenvalue weighted by atomic mass is 10.1. The molecule has 0 bridgehead atoms. The van der Waals surface area contributed by atoms with Crippen LogP contribution >= 0.6 is 11.3 Å². The summed E-state index contributed by atoms with van der Waals surface area (Å²) < 4.78 is 15.4. The van der Waals surface area contributed by atoms with Crippen LogP contribution in [0.25, 0.3) is 22.2 Å². The zero-order valence-electron chi connectivity index (χ0n) is 19.7. The molecule has 0 unspecified atom stereocenters. The minimum absolute atomic E-state index is 0.312. The van der Waals surface area contributed by atoms with Gasteiger partial charge >= 0.3 is 0 Å². The zero-order chi connectivity index (χ0) is 23.8. The fourth-order valence-corrected chi connectivity index (χ4v) is 5.55. The normalized spacial score (nSPS) is 13.9. The summed E-state index contributed by atoms with van der Waals surface area (Å²) in [5.41, 5.74) is 4.68. The van der Waals surface area contributed by atoms with Gasteiger partial charge in [-0.15, -0.1) is 0 Å². The van der Waals surface area contributed by atoms with Crippen LogP contribution < -0.4 is 9.80 Å². The standard InChI is InChI=1S/C26H27FN6S/c1-4-33-25(21-15-20(14-17(2)23(21)30-33)32-12-6-5-7-13-32)31(3)26-29-24(22(16-28)34-26)18-8-10-19(27)11-9-18/h8-11,14-15H,4-7,12-13H2,1-3H3. The first kappa shape index (κ1) is 22.4. The summed E-state index contributed by atoms with van der Waals surface area (Å²) in [6, 6.07) is 12.9. The molecule has 34 heavy (non-hydrogen) atoms. The Hall–Kier alpha value is -3.44. The summed E-state index contributed by atoms with van der Waals surface area (Å²) >= 11 is 1.34. The maximum Gasteiger partial charge on any atom is 0.192 e. The second-order valence-electron chi connectivity index (χ2n) is 8.70. The molecule has 4 aromatic rings. The van der Waals surface area contributed by atoms with Crippen LogP contribution in [0.2, 0.25) is 0 Å². The number of thiazole rings is 1. The van der Waals surface area contributed by atoms with E-state index in [1.807, 2.05) is 16.6 Å². The fraction of sp³-hybridized carbons (Fsp3) is 0.346. The smallest absolute Gasteiger partial charge is 0.192 e. The van der Waals surface area contributed by atoms with Gasteiger partial charge in [0.25, 0.3) is 0 Å². The number of hydrogen-bond donors (Lipinski definition) is 0. The van der Waals surface area contributed by atoms with Crippen molar-refractivity contribution >= 4 is 38.9 Å². The molecule has 1 aliphatic heterocycles. The van der Waals surface area contributed by atoms with Crippen LogP contribution in [0.3, 0.4) is 0 Å². The monoisotopic (exact) mass is 474 g/mol. The molecule has 0 spiro atoms. The van der Waals surface area contributed by atoms with E-state index in [-0.39, 0.29) is 5.82 Å². The van der Waals surface area contributed by atoms with Gasteiger partial charge in [-0.05, 0) is 75.1 Å². The maximum absolute atomic E-state index is 13.4. The Balaban J connectivity index is 1.61. The third-order valence-corrected chi connectivity index (χ3v) is 7.49. The molecule has 3 heterocycles. The third-order valence-electron chi connectivity index (χ3n) is 6.45. The van der Waals surface area contributed by atoms with Gasteiger partial charge in [-0.25, -0.2) is 14.1 Å². The van der Waals surface area contributed by atoms with E-state index in [1.165, 1.54) is 48.4 Å². The van der Waals surface area contributed by atoms with Gasteiger partial charge < -0.3 is 9.80 Å². The van der Waals surface area contributed by atoms with Crippen molar-refractivity contribution in [1.29, 1.82) is 5.26 Å². The lowest BCUT2D eigenvalue weighted by Gasteiger charge is -2.29. The molecule has 2 aromatic carbocycles. The quantitative estimate of drug-likeness (QED) is 0.342. The summed E-state index contributed by atoms with van der Waals surface area (Å²) in [7, 11) is 1.97. The topological polar surface area (TPSA) is 61.0 Å². The van der Waals surface area contributed by atoms with Crippen LogP contribution in [-0.2, 0) is 6.54 Å². The number of rotatable bonds is 5. The number of anilines is 3. The van der Waals surface area contributed by atoms with Crippen molar-refractivity contribution in [2.24, 2.45) is 0 Å². The Morgan fingerprint density at radius 3 is 2.56 bits per heavy atom. The minimum Gasteiger partial charge on any atom is -0.372 e.